The predicted molar refractivity (Wildman–Crippen MR) is 93.5 cm³/mol. The van der Waals surface area contributed by atoms with Crippen LogP contribution in [0, 0.1) is 5.82 Å². The molecule has 24 heavy (non-hydrogen) atoms. The third-order valence-electron chi connectivity index (χ3n) is 4.80. The van der Waals surface area contributed by atoms with Gasteiger partial charge in [0.05, 0.1) is 17.7 Å². The quantitative estimate of drug-likeness (QED) is 0.890. The third kappa shape index (κ3) is 3.75. The summed E-state index contributed by atoms with van der Waals surface area (Å²) in [4.78, 5) is 18.2. The van der Waals surface area contributed by atoms with E-state index in [0.717, 1.165) is 36.9 Å². The number of hydrogen-bond acceptors (Lipinski definition) is 3. The zero-order valence-corrected chi connectivity index (χ0v) is 14.6. The molecule has 0 atom stereocenters. The fourth-order valence-corrected chi connectivity index (χ4v) is 4.00. The van der Waals surface area contributed by atoms with Crippen LogP contribution in [-0.2, 0) is 12.0 Å². The van der Waals surface area contributed by atoms with Crippen molar-refractivity contribution in [3.63, 3.8) is 0 Å². The summed E-state index contributed by atoms with van der Waals surface area (Å²) in [6, 6.07) is 6.68. The maximum atomic E-state index is 13.6. The van der Waals surface area contributed by atoms with Crippen molar-refractivity contribution < 1.29 is 9.18 Å². The molecule has 1 fully saturated rings. The number of urea groups is 1. The van der Waals surface area contributed by atoms with E-state index in [2.05, 4.69) is 10.3 Å². The fourth-order valence-electron chi connectivity index (χ4n) is 3.45. The van der Waals surface area contributed by atoms with Crippen LogP contribution >= 0.6 is 11.3 Å². The van der Waals surface area contributed by atoms with Gasteiger partial charge in [0.2, 0.25) is 0 Å². The monoisotopic (exact) mass is 347 g/mol. The zero-order chi connectivity index (χ0) is 17.0. The van der Waals surface area contributed by atoms with Gasteiger partial charge >= 0.3 is 6.03 Å². The first-order valence-corrected chi connectivity index (χ1v) is 9.15. The molecule has 6 heteroatoms. The molecule has 0 unspecified atom stereocenters. The minimum atomic E-state index is -0.217. The summed E-state index contributed by atoms with van der Waals surface area (Å²) in [6.45, 7) is 1.03. The van der Waals surface area contributed by atoms with Gasteiger partial charge in [-0.05, 0) is 30.5 Å². The van der Waals surface area contributed by atoms with E-state index in [1.807, 2.05) is 11.4 Å². The molecule has 1 aliphatic rings. The van der Waals surface area contributed by atoms with Crippen molar-refractivity contribution in [2.24, 2.45) is 0 Å². The van der Waals surface area contributed by atoms with Gasteiger partial charge < -0.3 is 10.2 Å². The molecule has 1 saturated carbocycles. The highest BCUT2D eigenvalue weighted by Crippen LogP contribution is 2.40. The number of rotatable bonds is 5. The van der Waals surface area contributed by atoms with E-state index in [0.29, 0.717) is 13.1 Å². The second-order valence-corrected chi connectivity index (χ2v) is 7.21. The lowest BCUT2D eigenvalue weighted by atomic mass is 9.79. The topological polar surface area (TPSA) is 45.2 Å². The highest BCUT2D eigenvalue weighted by molar-refractivity contribution is 7.07. The van der Waals surface area contributed by atoms with Crippen LogP contribution in [-0.4, -0.2) is 29.5 Å². The average molecular weight is 347 g/mol. The second-order valence-electron chi connectivity index (χ2n) is 6.49. The highest BCUT2D eigenvalue weighted by atomic mass is 32.1. The molecular formula is C18H22FN3OS. The standard InChI is InChI=1S/C18H22FN3OS/c1-22(10-16-11-24-13-21-16)17(23)20-12-18(7-2-3-8-18)14-5-4-6-15(19)9-14/h4-6,9,11,13H,2-3,7-8,10,12H2,1H3,(H,20,23). The van der Waals surface area contributed by atoms with Crippen LogP contribution in [0.5, 0.6) is 0 Å². The second kappa shape index (κ2) is 7.30. The number of thiazole rings is 1. The lowest BCUT2D eigenvalue weighted by molar-refractivity contribution is 0.202. The van der Waals surface area contributed by atoms with Gasteiger partial charge in [0, 0.05) is 24.4 Å². The molecule has 1 aliphatic carbocycles. The van der Waals surface area contributed by atoms with Gasteiger partial charge in [-0.15, -0.1) is 11.3 Å². The highest BCUT2D eigenvalue weighted by Gasteiger charge is 2.36. The summed E-state index contributed by atoms with van der Waals surface area (Å²) >= 11 is 1.52. The van der Waals surface area contributed by atoms with Crippen LogP contribution in [0.15, 0.2) is 35.2 Å². The summed E-state index contributed by atoms with van der Waals surface area (Å²) in [7, 11) is 1.76. The molecule has 0 spiro atoms. The number of carbonyl (C=O) groups is 1. The summed E-state index contributed by atoms with van der Waals surface area (Å²) < 4.78 is 13.6. The van der Waals surface area contributed by atoms with E-state index < -0.39 is 0 Å². The normalized spacial score (nSPS) is 16.1. The van der Waals surface area contributed by atoms with Crippen LogP contribution in [0.25, 0.3) is 0 Å². The predicted octanol–water partition coefficient (Wildman–Crippen LogP) is 3.94. The average Bonchev–Trinajstić information content (AvgIpc) is 3.25. The number of aromatic nitrogens is 1. The van der Waals surface area contributed by atoms with E-state index in [1.54, 1.807) is 29.6 Å². The van der Waals surface area contributed by atoms with Crippen LogP contribution in [0.2, 0.25) is 0 Å². The van der Waals surface area contributed by atoms with E-state index in [1.165, 1.54) is 17.4 Å². The van der Waals surface area contributed by atoms with Crippen molar-refractivity contribution in [2.75, 3.05) is 13.6 Å². The minimum absolute atomic E-state index is 0.120. The Morgan fingerprint density at radius 2 is 2.21 bits per heavy atom. The first-order valence-electron chi connectivity index (χ1n) is 8.21. The Morgan fingerprint density at radius 1 is 1.42 bits per heavy atom. The lowest BCUT2D eigenvalue weighted by Gasteiger charge is -2.31. The maximum absolute atomic E-state index is 13.6. The number of benzene rings is 1. The van der Waals surface area contributed by atoms with Gasteiger partial charge in [-0.25, -0.2) is 14.2 Å². The van der Waals surface area contributed by atoms with Gasteiger partial charge in [0.1, 0.15) is 5.82 Å². The Morgan fingerprint density at radius 3 is 2.88 bits per heavy atom. The number of nitrogens with zero attached hydrogens (tertiary/aromatic N) is 2. The number of nitrogens with one attached hydrogen (secondary N) is 1. The van der Waals surface area contributed by atoms with Crippen molar-refractivity contribution >= 4 is 17.4 Å². The lowest BCUT2D eigenvalue weighted by Crippen LogP contribution is -2.44. The van der Waals surface area contributed by atoms with Crippen molar-refractivity contribution in [1.82, 2.24) is 15.2 Å². The summed E-state index contributed by atoms with van der Waals surface area (Å²) in [5, 5.41) is 4.98. The van der Waals surface area contributed by atoms with Crippen molar-refractivity contribution in [1.29, 1.82) is 0 Å². The maximum Gasteiger partial charge on any atom is 0.317 e. The molecule has 1 aromatic heterocycles. The van der Waals surface area contributed by atoms with E-state index in [9.17, 15) is 9.18 Å². The van der Waals surface area contributed by atoms with Crippen molar-refractivity contribution in [2.45, 2.75) is 37.6 Å². The summed E-state index contributed by atoms with van der Waals surface area (Å²) in [5.74, 6) is -0.217. The van der Waals surface area contributed by atoms with Crippen LogP contribution in [0.4, 0.5) is 9.18 Å². The van der Waals surface area contributed by atoms with Crippen LogP contribution in [0.1, 0.15) is 36.9 Å². The summed E-state index contributed by atoms with van der Waals surface area (Å²) in [5.41, 5.74) is 3.48. The Labute approximate surface area is 145 Å². The third-order valence-corrected chi connectivity index (χ3v) is 5.44. The van der Waals surface area contributed by atoms with Gasteiger partial charge in [-0.1, -0.05) is 25.0 Å². The molecular weight excluding hydrogens is 325 g/mol. The van der Waals surface area contributed by atoms with E-state index in [4.69, 9.17) is 0 Å². The molecule has 1 N–H and O–H groups in total. The van der Waals surface area contributed by atoms with Crippen molar-refractivity contribution in [3.05, 3.63) is 52.2 Å². The molecule has 2 amide bonds. The number of halogens is 1. The molecule has 4 nitrogen and oxygen atoms in total. The van der Waals surface area contributed by atoms with Crippen LogP contribution in [0.3, 0.4) is 0 Å². The molecule has 2 aromatic rings. The zero-order valence-electron chi connectivity index (χ0n) is 13.8. The molecule has 128 valence electrons. The van der Waals surface area contributed by atoms with Gasteiger partial charge in [0.25, 0.3) is 0 Å². The molecule has 3 rings (SSSR count). The summed E-state index contributed by atoms with van der Waals surface area (Å²) in [6.07, 6.45) is 4.18. The first kappa shape index (κ1) is 16.9. The Kier molecular flexibility index (Phi) is 5.14. The van der Waals surface area contributed by atoms with Gasteiger partial charge in [-0.2, -0.15) is 0 Å². The smallest absolute Gasteiger partial charge is 0.317 e. The van der Waals surface area contributed by atoms with E-state index >= 15 is 0 Å². The Hall–Kier alpha value is -1.95. The van der Waals surface area contributed by atoms with Gasteiger partial charge in [-0.3, -0.25) is 0 Å². The molecule has 0 radical (unpaired) electrons. The Bertz CT molecular complexity index is 683. The number of amides is 2. The largest absolute Gasteiger partial charge is 0.337 e. The molecule has 1 aromatic carbocycles. The Balaban J connectivity index is 1.65. The minimum Gasteiger partial charge on any atom is -0.337 e. The number of carbonyl (C=O) groups excluding carboxylic acids is 1. The van der Waals surface area contributed by atoms with Crippen LogP contribution < -0.4 is 5.32 Å². The van der Waals surface area contributed by atoms with Crippen molar-refractivity contribution in [3.8, 4) is 0 Å². The van der Waals surface area contributed by atoms with Gasteiger partial charge in [0.15, 0.2) is 0 Å². The molecule has 0 aliphatic heterocycles. The first-order chi connectivity index (χ1) is 11.6. The molecule has 0 saturated heterocycles. The van der Waals surface area contributed by atoms with E-state index in [-0.39, 0.29) is 17.3 Å². The molecule has 1 heterocycles. The fraction of sp³-hybridized carbons (Fsp3) is 0.444. The molecule has 0 bridgehead atoms. The SMILES string of the molecule is CN(Cc1cscn1)C(=O)NCC1(c2cccc(F)c2)CCCC1. The number of hydrogen-bond donors (Lipinski definition) is 1.